The Balaban J connectivity index is 0.00000324. The molecule has 0 bridgehead atoms. The molecule has 0 spiro atoms. The van der Waals surface area contributed by atoms with Crippen molar-refractivity contribution >= 4 is 23.2 Å². The van der Waals surface area contributed by atoms with E-state index in [4.69, 9.17) is 0 Å². The maximum absolute atomic E-state index is 13.2. The van der Waals surface area contributed by atoms with Gasteiger partial charge in [0, 0.05) is 24.6 Å². The van der Waals surface area contributed by atoms with Gasteiger partial charge in [0.2, 0.25) is 5.91 Å². The average molecular weight is 471 g/mol. The number of rotatable bonds is 7. The van der Waals surface area contributed by atoms with E-state index < -0.39 is 23.2 Å². The van der Waals surface area contributed by atoms with Crippen LogP contribution in [0.4, 0.5) is 24.5 Å². The molecule has 4 rings (SSSR count). The van der Waals surface area contributed by atoms with Gasteiger partial charge in [-0.15, -0.1) is 0 Å². The van der Waals surface area contributed by atoms with Crippen LogP contribution in [0.5, 0.6) is 0 Å². The SMILES string of the molecule is C.O=C(NC1(C(=O)NCc2ccc(Nc3ccccc3C(F)(F)F)cc2)CC1)c1cncnc1. The summed E-state index contributed by atoms with van der Waals surface area (Å²) in [5.41, 5.74) is -0.224. The highest BCUT2D eigenvalue weighted by molar-refractivity contribution is 6.00. The van der Waals surface area contributed by atoms with Crippen LogP contribution in [-0.2, 0) is 17.5 Å². The third kappa shape index (κ3) is 5.69. The molecule has 1 heterocycles. The first-order valence-corrected chi connectivity index (χ1v) is 10.1. The Kier molecular flexibility index (Phi) is 7.19. The molecule has 7 nitrogen and oxygen atoms in total. The quantitative estimate of drug-likeness (QED) is 0.473. The van der Waals surface area contributed by atoms with E-state index in [1.54, 1.807) is 24.3 Å². The van der Waals surface area contributed by atoms with Crippen LogP contribution in [0, 0.1) is 0 Å². The summed E-state index contributed by atoms with van der Waals surface area (Å²) in [7, 11) is 0. The molecule has 0 atom stereocenters. The van der Waals surface area contributed by atoms with Crippen molar-refractivity contribution in [2.75, 3.05) is 5.32 Å². The highest BCUT2D eigenvalue weighted by Gasteiger charge is 2.51. The number of nitrogens with zero attached hydrogens (tertiary/aromatic N) is 2. The lowest BCUT2D eigenvalue weighted by atomic mass is 10.1. The lowest BCUT2D eigenvalue weighted by molar-refractivity contribution is -0.137. The lowest BCUT2D eigenvalue weighted by Crippen LogP contribution is -2.48. The molecular formula is C24H24F3N5O2. The van der Waals surface area contributed by atoms with Crippen LogP contribution < -0.4 is 16.0 Å². The van der Waals surface area contributed by atoms with Crippen LogP contribution in [0.3, 0.4) is 0 Å². The number of halogens is 3. The molecule has 0 aliphatic heterocycles. The molecule has 34 heavy (non-hydrogen) atoms. The summed E-state index contributed by atoms with van der Waals surface area (Å²) >= 11 is 0. The third-order valence-corrected chi connectivity index (χ3v) is 5.28. The van der Waals surface area contributed by atoms with Gasteiger partial charge in [-0.3, -0.25) is 9.59 Å². The summed E-state index contributed by atoms with van der Waals surface area (Å²) in [6.45, 7) is 0.213. The molecule has 2 amide bonds. The van der Waals surface area contributed by atoms with E-state index in [2.05, 4.69) is 25.9 Å². The van der Waals surface area contributed by atoms with E-state index in [-0.39, 0.29) is 31.1 Å². The van der Waals surface area contributed by atoms with Crippen LogP contribution in [0.1, 0.15) is 41.8 Å². The van der Waals surface area contributed by atoms with Crippen molar-refractivity contribution in [3.05, 3.63) is 83.9 Å². The first kappa shape index (κ1) is 24.7. The fourth-order valence-electron chi connectivity index (χ4n) is 3.29. The smallest absolute Gasteiger partial charge is 0.355 e. The number of hydrogen-bond donors (Lipinski definition) is 3. The van der Waals surface area contributed by atoms with Crippen LogP contribution in [0.2, 0.25) is 0 Å². The number of carbonyl (C=O) groups excluding carboxylic acids is 2. The fourth-order valence-corrected chi connectivity index (χ4v) is 3.29. The number of para-hydroxylation sites is 1. The molecule has 1 saturated carbocycles. The number of benzene rings is 2. The molecule has 3 aromatic rings. The average Bonchev–Trinajstić information content (AvgIpc) is 3.59. The molecule has 2 aromatic carbocycles. The normalized spacial score (nSPS) is 13.9. The van der Waals surface area contributed by atoms with Crippen molar-refractivity contribution in [2.24, 2.45) is 0 Å². The minimum absolute atomic E-state index is 0. The molecule has 1 aliphatic carbocycles. The van der Waals surface area contributed by atoms with Crippen molar-refractivity contribution < 1.29 is 22.8 Å². The van der Waals surface area contributed by atoms with E-state index >= 15 is 0 Å². The standard InChI is InChI=1S/C23H20F3N5O2.CH4/c24-23(25,26)18-3-1-2-4-19(18)30-17-7-5-15(6-8-17)11-29-21(33)22(9-10-22)31-20(32)16-12-27-14-28-13-16;/h1-8,12-14,30H,9-11H2,(H,29,33)(H,31,32);1H4. The van der Waals surface area contributed by atoms with E-state index in [1.165, 1.54) is 36.9 Å². The van der Waals surface area contributed by atoms with Gasteiger partial charge in [-0.05, 0) is 42.7 Å². The van der Waals surface area contributed by atoms with Gasteiger partial charge in [0.1, 0.15) is 11.9 Å². The Bertz CT molecular complexity index is 1150. The predicted octanol–water partition coefficient (Wildman–Crippen LogP) is 4.45. The van der Waals surface area contributed by atoms with Gasteiger partial charge >= 0.3 is 6.18 Å². The van der Waals surface area contributed by atoms with Gasteiger partial charge in [-0.2, -0.15) is 13.2 Å². The van der Waals surface area contributed by atoms with Crippen molar-refractivity contribution in [3.63, 3.8) is 0 Å². The van der Waals surface area contributed by atoms with Crippen LogP contribution >= 0.6 is 0 Å². The molecule has 10 heteroatoms. The fraction of sp³-hybridized carbons (Fsp3) is 0.250. The lowest BCUT2D eigenvalue weighted by Gasteiger charge is -2.17. The first-order valence-electron chi connectivity index (χ1n) is 10.1. The Morgan fingerprint density at radius 1 is 0.971 bits per heavy atom. The van der Waals surface area contributed by atoms with E-state index in [0.29, 0.717) is 18.5 Å². The summed E-state index contributed by atoms with van der Waals surface area (Å²) < 4.78 is 39.5. The topological polar surface area (TPSA) is 96.0 Å². The molecule has 1 aromatic heterocycles. The van der Waals surface area contributed by atoms with Gasteiger partial charge < -0.3 is 16.0 Å². The highest BCUT2D eigenvalue weighted by Crippen LogP contribution is 2.37. The number of nitrogens with one attached hydrogen (secondary N) is 3. The van der Waals surface area contributed by atoms with E-state index in [9.17, 15) is 22.8 Å². The van der Waals surface area contributed by atoms with Gasteiger partial charge in [-0.25, -0.2) is 9.97 Å². The van der Waals surface area contributed by atoms with Crippen LogP contribution in [-0.4, -0.2) is 27.3 Å². The molecule has 0 unspecified atom stereocenters. The van der Waals surface area contributed by atoms with Crippen molar-refractivity contribution in [1.29, 1.82) is 0 Å². The zero-order chi connectivity index (χ0) is 23.5. The second-order valence-electron chi connectivity index (χ2n) is 7.71. The number of anilines is 2. The number of hydrogen-bond acceptors (Lipinski definition) is 5. The number of aromatic nitrogens is 2. The second kappa shape index (κ2) is 9.90. The second-order valence-corrected chi connectivity index (χ2v) is 7.71. The van der Waals surface area contributed by atoms with Crippen LogP contribution in [0.25, 0.3) is 0 Å². The minimum atomic E-state index is -4.46. The van der Waals surface area contributed by atoms with Crippen molar-refractivity contribution in [3.8, 4) is 0 Å². The van der Waals surface area contributed by atoms with Gasteiger partial charge in [0.15, 0.2) is 0 Å². The van der Waals surface area contributed by atoms with Crippen molar-refractivity contribution in [2.45, 2.75) is 38.5 Å². The molecule has 3 N–H and O–H groups in total. The molecule has 1 fully saturated rings. The number of carbonyl (C=O) groups is 2. The molecular weight excluding hydrogens is 447 g/mol. The monoisotopic (exact) mass is 471 g/mol. The van der Waals surface area contributed by atoms with E-state index in [1.807, 2.05) is 0 Å². The minimum Gasteiger partial charge on any atom is -0.355 e. The number of alkyl halides is 3. The van der Waals surface area contributed by atoms with Gasteiger partial charge in [-0.1, -0.05) is 31.7 Å². The predicted molar refractivity (Wildman–Crippen MR) is 121 cm³/mol. The summed E-state index contributed by atoms with van der Waals surface area (Å²) in [6, 6.07) is 11.9. The Hall–Kier alpha value is -3.95. The zero-order valence-electron chi connectivity index (χ0n) is 17.3. The van der Waals surface area contributed by atoms with Gasteiger partial charge in [0.25, 0.3) is 5.91 Å². The van der Waals surface area contributed by atoms with E-state index in [0.717, 1.165) is 11.6 Å². The maximum Gasteiger partial charge on any atom is 0.418 e. The Labute approximate surface area is 194 Å². The first-order chi connectivity index (χ1) is 15.8. The van der Waals surface area contributed by atoms with Crippen molar-refractivity contribution in [1.82, 2.24) is 20.6 Å². The van der Waals surface area contributed by atoms with Gasteiger partial charge in [0.05, 0.1) is 16.8 Å². The largest absolute Gasteiger partial charge is 0.418 e. The zero-order valence-corrected chi connectivity index (χ0v) is 17.3. The Morgan fingerprint density at radius 3 is 2.24 bits per heavy atom. The Morgan fingerprint density at radius 2 is 1.62 bits per heavy atom. The summed E-state index contributed by atoms with van der Waals surface area (Å²) in [4.78, 5) is 32.5. The third-order valence-electron chi connectivity index (χ3n) is 5.28. The maximum atomic E-state index is 13.2. The highest BCUT2D eigenvalue weighted by atomic mass is 19.4. The molecule has 0 radical (unpaired) electrons. The summed E-state index contributed by atoms with van der Waals surface area (Å²) in [6.07, 6.45) is 0.652. The molecule has 178 valence electrons. The molecule has 0 saturated heterocycles. The van der Waals surface area contributed by atoms with Crippen LogP contribution in [0.15, 0.2) is 67.3 Å². The summed E-state index contributed by atoms with van der Waals surface area (Å²) in [5, 5.41) is 8.32. The summed E-state index contributed by atoms with van der Waals surface area (Å²) in [5.74, 6) is -0.716. The number of amides is 2. The molecule has 1 aliphatic rings.